The number of rotatable bonds is 4. The summed E-state index contributed by atoms with van der Waals surface area (Å²) >= 11 is 0. The Morgan fingerprint density at radius 1 is 1.53 bits per heavy atom. The molecule has 0 aliphatic rings. The molecule has 3 heteroatoms. The quantitative estimate of drug-likeness (QED) is 0.746. The molecule has 0 saturated heterocycles. The molecule has 0 saturated carbocycles. The zero-order chi connectivity index (χ0) is 12.7. The maximum atomic E-state index is 11.1. The lowest BCUT2D eigenvalue weighted by Crippen LogP contribution is -2.01. The third kappa shape index (κ3) is 4.12. The summed E-state index contributed by atoms with van der Waals surface area (Å²) in [6.45, 7) is 4.14. The van der Waals surface area contributed by atoms with Gasteiger partial charge in [0.25, 0.3) is 0 Å². The van der Waals surface area contributed by atoms with E-state index in [2.05, 4.69) is 6.07 Å². The Hall–Kier alpha value is -2.08. The smallest absolute Gasteiger partial charge is 0.309 e. The van der Waals surface area contributed by atoms with Gasteiger partial charge in [-0.1, -0.05) is 18.2 Å². The molecule has 0 spiro atoms. The number of carbonyl (C=O) groups excluding carboxylic acids is 1. The molecule has 0 radical (unpaired) electrons. The second kappa shape index (κ2) is 6.49. The van der Waals surface area contributed by atoms with Crippen molar-refractivity contribution in [2.24, 2.45) is 0 Å². The van der Waals surface area contributed by atoms with Gasteiger partial charge in [0.2, 0.25) is 0 Å². The van der Waals surface area contributed by atoms with E-state index in [0.717, 1.165) is 11.1 Å². The molecule has 0 N–H and O–H groups in total. The maximum absolute atomic E-state index is 11.1. The lowest BCUT2D eigenvalue weighted by Gasteiger charge is -2.00. The number of nitriles is 1. The lowest BCUT2D eigenvalue weighted by molar-refractivity contribution is -0.142. The predicted molar refractivity (Wildman–Crippen MR) is 66.2 cm³/mol. The molecule has 0 fully saturated rings. The largest absolute Gasteiger partial charge is 0.466 e. The van der Waals surface area contributed by atoms with Crippen LogP contribution in [0.1, 0.15) is 30.0 Å². The van der Waals surface area contributed by atoms with Gasteiger partial charge in [0.1, 0.15) is 0 Å². The maximum Gasteiger partial charge on any atom is 0.309 e. The zero-order valence-corrected chi connectivity index (χ0v) is 10.1. The number of hydrogen-bond acceptors (Lipinski definition) is 3. The van der Waals surface area contributed by atoms with Crippen LogP contribution in [-0.4, -0.2) is 12.6 Å². The van der Waals surface area contributed by atoms with Gasteiger partial charge in [-0.25, -0.2) is 0 Å². The standard InChI is InChI=1S/C14H15NO2/c1-3-17-14(16)6-4-5-13-9-12(10-15)8-7-11(13)2/h4-5,7-9H,3,6H2,1-2H3. The van der Waals surface area contributed by atoms with Gasteiger partial charge in [0, 0.05) is 0 Å². The van der Waals surface area contributed by atoms with E-state index in [1.807, 2.05) is 19.1 Å². The van der Waals surface area contributed by atoms with E-state index >= 15 is 0 Å². The van der Waals surface area contributed by atoms with E-state index in [9.17, 15) is 4.79 Å². The summed E-state index contributed by atoms with van der Waals surface area (Å²) < 4.78 is 4.81. The molecule has 0 amide bonds. The van der Waals surface area contributed by atoms with Crippen LogP contribution in [0.25, 0.3) is 6.08 Å². The molecule has 0 aliphatic heterocycles. The average molecular weight is 229 g/mol. The average Bonchev–Trinajstić information content (AvgIpc) is 2.32. The van der Waals surface area contributed by atoms with Crippen LogP contribution in [0.5, 0.6) is 0 Å². The third-order valence-corrected chi connectivity index (χ3v) is 2.30. The summed E-state index contributed by atoms with van der Waals surface area (Å²) in [4.78, 5) is 11.1. The fourth-order valence-electron chi connectivity index (χ4n) is 1.39. The van der Waals surface area contributed by atoms with Gasteiger partial charge in [-0.3, -0.25) is 4.79 Å². The van der Waals surface area contributed by atoms with Crippen molar-refractivity contribution in [1.29, 1.82) is 5.26 Å². The van der Waals surface area contributed by atoms with E-state index in [1.165, 1.54) is 0 Å². The first-order valence-electron chi connectivity index (χ1n) is 5.50. The minimum Gasteiger partial charge on any atom is -0.466 e. The highest BCUT2D eigenvalue weighted by atomic mass is 16.5. The van der Waals surface area contributed by atoms with Crippen molar-refractivity contribution in [3.05, 3.63) is 41.0 Å². The summed E-state index contributed by atoms with van der Waals surface area (Å²) in [7, 11) is 0. The number of esters is 1. The number of carbonyl (C=O) groups is 1. The zero-order valence-electron chi connectivity index (χ0n) is 10.1. The van der Waals surface area contributed by atoms with Gasteiger partial charge in [-0.05, 0) is 37.1 Å². The van der Waals surface area contributed by atoms with Crippen molar-refractivity contribution < 1.29 is 9.53 Å². The molecule has 0 aliphatic carbocycles. The number of ether oxygens (including phenoxy) is 1. The van der Waals surface area contributed by atoms with Gasteiger partial charge in [0.15, 0.2) is 0 Å². The SMILES string of the molecule is CCOC(=O)CC=Cc1cc(C#N)ccc1C. The van der Waals surface area contributed by atoms with E-state index in [0.29, 0.717) is 12.2 Å². The Balaban J connectivity index is 2.71. The summed E-state index contributed by atoms with van der Waals surface area (Å²) in [5, 5.41) is 8.79. The van der Waals surface area contributed by atoms with E-state index in [-0.39, 0.29) is 12.4 Å². The normalized spacial score (nSPS) is 10.2. The third-order valence-electron chi connectivity index (χ3n) is 2.30. The van der Waals surface area contributed by atoms with E-state index in [1.54, 1.807) is 25.1 Å². The number of hydrogen-bond donors (Lipinski definition) is 0. The van der Waals surface area contributed by atoms with Gasteiger partial charge in [0.05, 0.1) is 24.7 Å². The van der Waals surface area contributed by atoms with Crippen LogP contribution in [-0.2, 0) is 9.53 Å². The molecule has 0 bridgehead atoms. The molecule has 1 aromatic rings. The summed E-state index contributed by atoms with van der Waals surface area (Å²) in [5.74, 6) is -0.238. The first kappa shape index (κ1) is 13.0. The summed E-state index contributed by atoms with van der Waals surface area (Å²) in [5.41, 5.74) is 2.64. The number of benzene rings is 1. The Kier molecular flexibility index (Phi) is 4.96. The van der Waals surface area contributed by atoms with Crippen LogP contribution < -0.4 is 0 Å². The van der Waals surface area contributed by atoms with Crippen LogP contribution in [0.15, 0.2) is 24.3 Å². The topological polar surface area (TPSA) is 50.1 Å². The van der Waals surface area contributed by atoms with Gasteiger partial charge in [-0.15, -0.1) is 0 Å². The monoisotopic (exact) mass is 229 g/mol. The highest BCUT2D eigenvalue weighted by Gasteiger charge is 1.99. The number of nitrogens with zero attached hydrogens (tertiary/aromatic N) is 1. The highest BCUT2D eigenvalue weighted by molar-refractivity contribution is 5.73. The van der Waals surface area contributed by atoms with Gasteiger partial charge >= 0.3 is 5.97 Å². The van der Waals surface area contributed by atoms with Crippen molar-refractivity contribution in [3.8, 4) is 6.07 Å². The molecule has 0 heterocycles. The molecule has 3 nitrogen and oxygen atoms in total. The Morgan fingerprint density at radius 2 is 2.29 bits per heavy atom. The predicted octanol–water partition coefficient (Wildman–Crippen LogP) is 2.83. The second-order valence-corrected chi connectivity index (χ2v) is 3.59. The fraction of sp³-hybridized carbons (Fsp3) is 0.286. The molecular weight excluding hydrogens is 214 g/mol. The van der Waals surface area contributed by atoms with E-state index in [4.69, 9.17) is 10.00 Å². The van der Waals surface area contributed by atoms with Crippen LogP contribution >= 0.6 is 0 Å². The van der Waals surface area contributed by atoms with Crippen LogP contribution in [0.2, 0.25) is 0 Å². The lowest BCUT2D eigenvalue weighted by atomic mass is 10.0. The molecular formula is C14H15NO2. The minimum atomic E-state index is -0.238. The minimum absolute atomic E-state index is 0.238. The highest BCUT2D eigenvalue weighted by Crippen LogP contribution is 2.12. The molecule has 1 aromatic carbocycles. The van der Waals surface area contributed by atoms with Gasteiger partial charge < -0.3 is 4.74 Å². The van der Waals surface area contributed by atoms with Crippen molar-refractivity contribution in [3.63, 3.8) is 0 Å². The Morgan fingerprint density at radius 3 is 2.94 bits per heavy atom. The molecule has 0 unspecified atom stereocenters. The fourth-order valence-corrected chi connectivity index (χ4v) is 1.39. The summed E-state index contributed by atoms with van der Waals surface area (Å²) in [6.07, 6.45) is 3.85. The van der Waals surface area contributed by atoms with Crippen LogP contribution in [0.3, 0.4) is 0 Å². The van der Waals surface area contributed by atoms with Crippen molar-refractivity contribution >= 4 is 12.0 Å². The molecule has 0 atom stereocenters. The van der Waals surface area contributed by atoms with Crippen LogP contribution in [0, 0.1) is 18.3 Å². The van der Waals surface area contributed by atoms with Crippen molar-refractivity contribution in [1.82, 2.24) is 0 Å². The van der Waals surface area contributed by atoms with E-state index < -0.39 is 0 Å². The molecule has 0 aromatic heterocycles. The van der Waals surface area contributed by atoms with Gasteiger partial charge in [-0.2, -0.15) is 5.26 Å². The molecule has 17 heavy (non-hydrogen) atoms. The van der Waals surface area contributed by atoms with Crippen LogP contribution in [0.4, 0.5) is 0 Å². The first-order chi connectivity index (χ1) is 8.17. The van der Waals surface area contributed by atoms with Crippen molar-refractivity contribution in [2.45, 2.75) is 20.3 Å². The first-order valence-corrected chi connectivity index (χ1v) is 5.50. The molecule has 88 valence electrons. The molecule has 1 rings (SSSR count). The number of aryl methyl sites for hydroxylation is 1. The second-order valence-electron chi connectivity index (χ2n) is 3.59. The Bertz CT molecular complexity index is 470. The van der Waals surface area contributed by atoms with Crippen molar-refractivity contribution in [2.75, 3.05) is 6.61 Å². The Labute approximate surface area is 101 Å². The summed E-state index contributed by atoms with van der Waals surface area (Å²) in [6, 6.07) is 7.56.